The number of aliphatic hydroxyl groups is 1. The lowest BCUT2D eigenvalue weighted by Crippen LogP contribution is -3.36. The molecule has 82 valence electrons. The van der Waals surface area contributed by atoms with E-state index < -0.39 is 6.35 Å². The quantitative estimate of drug-likeness (QED) is 0.262. The maximum absolute atomic E-state index is 11.5. The van der Waals surface area contributed by atoms with Crippen LogP contribution in [-0.4, -0.2) is 28.9 Å². The highest BCUT2D eigenvalue weighted by molar-refractivity contribution is 6.20. The molecular formula is C7H14ClN3O3. The van der Waals surface area contributed by atoms with Crippen LogP contribution in [0.1, 0.15) is 19.3 Å². The second-order valence-electron chi connectivity index (χ2n) is 3.94. The first-order valence-corrected chi connectivity index (χ1v) is 5.19. The zero-order valence-corrected chi connectivity index (χ0v) is 8.33. The largest absolute Gasteiger partial charge is 0.631 e. The van der Waals surface area contributed by atoms with Crippen molar-refractivity contribution in [1.82, 2.24) is 5.43 Å². The number of alkyl halides is 1. The molecule has 0 spiro atoms. The monoisotopic (exact) mass is 223 g/mol. The maximum Gasteiger partial charge on any atom is 0.291 e. The number of fused-ring (bicyclic) bond motifs is 1. The van der Waals surface area contributed by atoms with E-state index in [1.807, 2.05) is 0 Å². The van der Waals surface area contributed by atoms with E-state index in [1.165, 1.54) is 0 Å². The highest BCUT2D eigenvalue weighted by Gasteiger charge is 2.45. The summed E-state index contributed by atoms with van der Waals surface area (Å²) < 4.78 is 0. The maximum atomic E-state index is 11.5. The Morgan fingerprint density at radius 3 is 2.71 bits per heavy atom. The molecule has 0 aromatic rings. The summed E-state index contributed by atoms with van der Waals surface area (Å²) in [4.78, 5) is 0. The average Bonchev–Trinajstić information content (AvgIpc) is 2.14. The molecular weight excluding hydrogens is 210 g/mol. The lowest BCUT2D eigenvalue weighted by molar-refractivity contribution is -1.07. The lowest BCUT2D eigenvalue weighted by Gasteiger charge is -2.50. The summed E-state index contributed by atoms with van der Waals surface area (Å²) in [5.74, 6) is 0. The predicted molar refractivity (Wildman–Crippen MR) is 48.9 cm³/mol. The van der Waals surface area contributed by atoms with Crippen molar-refractivity contribution in [1.29, 1.82) is 0 Å². The molecule has 0 aromatic carbocycles. The predicted octanol–water partition coefficient (Wildman–Crippen LogP) is -2.93. The van der Waals surface area contributed by atoms with Crippen LogP contribution in [0, 0.1) is 10.4 Å². The molecule has 1 aliphatic heterocycles. The van der Waals surface area contributed by atoms with Gasteiger partial charge in [0.05, 0.1) is 0 Å². The first-order valence-electron chi connectivity index (χ1n) is 4.76. The summed E-state index contributed by atoms with van der Waals surface area (Å²) in [6, 6.07) is -0.657. The van der Waals surface area contributed by atoms with Crippen LogP contribution in [0.15, 0.2) is 0 Å². The Labute approximate surface area is 86.6 Å². The Balaban J connectivity index is 2.10. The van der Waals surface area contributed by atoms with Crippen LogP contribution in [-0.2, 0) is 0 Å². The van der Waals surface area contributed by atoms with Gasteiger partial charge < -0.3 is 20.6 Å². The molecule has 4 N–H and O–H groups in total. The molecule has 2 fully saturated rings. The highest BCUT2D eigenvalue weighted by atomic mass is 35.5. The van der Waals surface area contributed by atoms with Crippen molar-refractivity contribution in [2.24, 2.45) is 0 Å². The first kappa shape index (κ1) is 10.6. The normalized spacial score (nSPS) is 54.0. The third-order valence-corrected chi connectivity index (χ3v) is 3.43. The molecule has 7 heteroatoms. The molecule has 6 nitrogen and oxygen atoms in total. The van der Waals surface area contributed by atoms with Crippen LogP contribution in [0.5, 0.6) is 0 Å². The van der Waals surface area contributed by atoms with Gasteiger partial charge in [-0.05, 0) is 6.42 Å². The van der Waals surface area contributed by atoms with E-state index in [-0.39, 0.29) is 27.7 Å². The number of hydrogen-bond donors (Lipinski definition) is 4. The van der Waals surface area contributed by atoms with E-state index in [0.717, 1.165) is 6.42 Å². The van der Waals surface area contributed by atoms with Crippen molar-refractivity contribution in [2.75, 3.05) is 0 Å². The van der Waals surface area contributed by atoms with Gasteiger partial charge in [0.25, 0.3) is 6.35 Å². The minimum atomic E-state index is -1.31. The Morgan fingerprint density at radius 1 is 1.29 bits per heavy atom. The van der Waals surface area contributed by atoms with E-state index in [2.05, 4.69) is 5.43 Å². The van der Waals surface area contributed by atoms with Gasteiger partial charge >= 0.3 is 0 Å². The fourth-order valence-corrected chi connectivity index (χ4v) is 2.58. The van der Waals surface area contributed by atoms with Gasteiger partial charge in [-0.25, -0.2) is 0 Å². The smallest absolute Gasteiger partial charge is 0.291 e. The Hall–Kier alpha value is 0.0500. The van der Waals surface area contributed by atoms with Crippen molar-refractivity contribution >= 4 is 11.6 Å². The zero-order chi connectivity index (χ0) is 10.3. The van der Waals surface area contributed by atoms with Crippen molar-refractivity contribution in [2.45, 2.75) is 43.1 Å². The third-order valence-electron chi connectivity index (χ3n) is 3.04. The summed E-state index contributed by atoms with van der Waals surface area (Å²) in [5.41, 5.74) is 2.26. The molecule has 2 aliphatic rings. The number of halogens is 1. The van der Waals surface area contributed by atoms with Gasteiger partial charge in [-0.3, -0.25) is 5.17 Å². The molecule has 0 aromatic heterocycles. The first-order chi connectivity index (χ1) is 6.59. The fraction of sp³-hybridized carbons (Fsp3) is 1.00. The van der Waals surface area contributed by atoms with Gasteiger partial charge in [0.15, 0.2) is 6.04 Å². The molecule has 1 aliphatic carbocycles. The number of hydroxylamine groups is 3. The standard InChI is InChI=1S/C7H14ClN3O3/c8-4-1-2-5-6(3-4)11(14)9-7(12)10(5)13/h4-7,9-12H,1-3H2. The summed E-state index contributed by atoms with van der Waals surface area (Å²) in [6.07, 6.45) is 0.586. The molecule has 1 saturated carbocycles. The van der Waals surface area contributed by atoms with Crippen LogP contribution in [0.3, 0.4) is 0 Å². The number of quaternary nitrogens is 2. The van der Waals surface area contributed by atoms with Gasteiger partial charge in [-0.1, -0.05) is 5.43 Å². The fourth-order valence-electron chi connectivity index (χ4n) is 2.27. The van der Waals surface area contributed by atoms with Crippen molar-refractivity contribution < 1.29 is 15.3 Å². The Kier molecular flexibility index (Phi) is 2.94. The summed E-state index contributed by atoms with van der Waals surface area (Å²) >= 11 is 5.93. The number of nitrogens with one attached hydrogen (secondary N) is 3. The zero-order valence-electron chi connectivity index (χ0n) is 7.57. The molecule has 1 saturated heterocycles. The van der Waals surface area contributed by atoms with Crippen LogP contribution in [0.2, 0.25) is 0 Å². The third kappa shape index (κ3) is 1.74. The molecule has 1 heterocycles. The molecule has 6 atom stereocenters. The minimum absolute atomic E-state index is 0.0231. The van der Waals surface area contributed by atoms with E-state index in [4.69, 9.17) is 11.6 Å². The van der Waals surface area contributed by atoms with Gasteiger partial charge in [-0.15, -0.1) is 11.6 Å². The van der Waals surface area contributed by atoms with Crippen molar-refractivity contribution in [3.05, 3.63) is 10.4 Å². The summed E-state index contributed by atoms with van der Waals surface area (Å²) in [6.45, 7) is 0. The van der Waals surface area contributed by atoms with Crippen molar-refractivity contribution in [3.8, 4) is 0 Å². The average molecular weight is 224 g/mol. The molecule has 0 radical (unpaired) electrons. The van der Waals surface area contributed by atoms with Gasteiger partial charge in [0.1, 0.15) is 6.04 Å². The van der Waals surface area contributed by atoms with Gasteiger partial charge in [-0.2, -0.15) is 0 Å². The lowest BCUT2D eigenvalue weighted by atomic mass is 9.89. The molecule has 6 unspecified atom stereocenters. The second kappa shape index (κ2) is 3.90. The van der Waals surface area contributed by atoms with E-state index >= 15 is 0 Å². The van der Waals surface area contributed by atoms with Crippen LogP contribution >= 0.6 is 11.6 Å². The number of hydrogen-bond acceptors (Lipinski definition) is 4. The molecule has 0 bridgehead atoms. The number of rotatable bonds is 0. The summed E-state index contributed by atoms with van der Waals surface area (Å²) in [5, 5.41) is 31.7. The van der Waals surface area contributed by atoms with E-state index in [9.17, 15) is 15.5 Å². The van der Waals surface area contributed by atoms with Crippen LogP contribution < -0.4 is 15.7 Å². The Bertz CT molecular complexity index is 220. The molecule has 2 rings (SSSR count). The molecule has 0 amide bonds. The minimum Gasteiger partial charge on any atom is -0.631 e. The summed E-state index contributed by atoms with van der Waals surface area (Å²) in [7, 11) is 0. The second-order valence-corrected chi connectivity index (χ2v) is 4.55. The highest BCUT2D eigenvalue weighted by Crippen LogP contribution is 2.21. The number of aliphatic hydroxyl groups excluding tert-OH is 1. The van der Waals surface area contributed by atoms with Gasteiger partial charge in [0, 0.05) is 18.2 Å². The van der Waals surface area contributed by atoms with E-state index in [1.54, 1.807) is 0 Å². The van der Waals surface area contributed by atoms with Crippen LogP contribution in [0.4, 0.5) is 0 Å². The van der Waals surface area contributed by atoms with Gasteiger partial charge in [0.2, 0.25) is 0 Å². The Morgan fingerprint density at radius 2 is 2.00 bits per heavy atom. The molecule has 14 heavy (non-hydrogen) atoms. The van der Waals surface area contributed by atoms with Crippen LogP contribution in [0.25, 0.3) is 0 Å². The SMILES string of the molecule is [O-][NH+]1NC(O)[NH+]([O-])C2CCC(Cl)CC21. The van der Waals surface area contributed by atoms with Crippen molar-refractivity contribution in [3.63, 3.8) is 0 Å². The topological polar surface area (TPSA) is 87.3 Å². The van der Waals surface area contributed by atoms with E-state index in [0.29, 0.717) is 12.8 Å².